The maximum atomic E-state index is 5.18. The van der Waals surface area contributed by atoms with E-state index in [2.05, 4.69) is 21.0 Å². The van der Waals surface area contributed by atoms with Crippen LogP contribution in [-0.4, -0.2) is 16.7 Å². The molecule has 0 N–H and O–H groups in total. The number of fused-ring (bicyclic) bond motifs is 1. The number of halogens is 1. The molecule has 0 amide bonds. The highest BCUT2D eigenvalue weighted by molar-refractivity contribution is 9.10. The number of aromatic nitrogens is 2. The number of nitrogens with zero attached hydrogens (tertiary/aromatic N) is 2. The molecule has 0 radical (unpaired) electrons. The zero-order chi connectivity index (χ0) is 9.42. The lowest BCUT2D eigenvalue weighted by Crippen LogP contribution is -1.96. The average Bonchev–Trinajstić information content (AvgIpc) is 2.50. The molecule has 0 unspecified atom stereocenters. The average molecular weight is 241 g/mol. The quantitative estimate of drug-likeness (QED) is 0.766. The van der Waals surface area contributed by atoms with Gasteiger partial charge in [-0.05, 0) is 28.4 Å². The Morgan fingerprint density at radius 2 is 2.23 bits per heavy atom. The minimum atomic E-state index is 0.742. The van der Waals surface area contributed by atoms with E-state index in [9.17, 15) is 0 Å². The summed E-state index contributed by atoms with van der Waals surface area (Å²) in [6.45, 7) is 2.04. The molecule has 0 saturated carbocycles. The van der Waals surface area contributed by atoms with Crippen molar-refractivity contribution in [2.24, 2.45) is 0 Å². The molecule has 0 spiro atoms. The molecule has 2 aromatic rings. The minimum absolute atomic E-state index is 0.742. The van der Waals surface area contributed by atoms with E-state index in [1.165, 1.54) is 5.56 Å². The van der Waals surface area contributed by atoms with E-state index in [1.54, 1.807) is 17.8 Å². The Bertz CT molecular complexity index is 450. The molecule has 3 nitrogen and oxygen atoms in total. The van der Waals surface area contributed by atoms with Gasteiger partial charge >= 0.3 is 0 Å². The zero-order valence-electron chi connectivity index (χ0n) is 7.41. The summed E-state index contributed by atoms with van der Waals surface area (Å²) in [6.07, 6.45) is 1.77. The summed E-state index contributed by atoms with van der Waals surface area (Å²) in [5, 5.41) is 4.19. The van der Waals surface area contributed by atoms with Gasteiger partial charge in [-0.1, -0.05) is 6.07 Å². The van der Waals surface area contributed by atoms with Crippen molar-refractivity contribution in [3.63, 3.8) is 0 Å². The standard InChI is InChI=1S/C9H9BrN2O/c1-6-3-4-8(13-2)12-9(6)7(10)5-11-12/h3-5H,1-2H3. The summed E-state index contributed by atoms with van der Waals surface area (Å²) < 4.78 is 7.94. The first-order chi connectivity index (χ1) is 6.24. The lowest BCUT2D eigenvalue weighted by atomic mass is 10.2. The third-order valence-electron chi connectivity index (χ3n) is 1.99. The van der Waals surface area contributed by atoms with Crippen LogP contribution < -0.4 is 4.74 Å². The normalized spacial score (nSPS) is 10.7. The molecular formula is C9H9BrN2O. The molecule has 0 aliphatic rings. The molecule has 2 rings (SSSR count). The first-order valence-corrected chi connectivity index (χ1v) is 4.70. The summed E-state index contributed by atoms with van der Waals surface area (Å²) in [7, 11) is 1.64. The Morgan fingerprint density at radius 1 is 1.46 bits per heavy atom. The molecule has 4 heteroatoms. The Balaban J connectivity index is 2.87. The van der Waals surface area contributed by atoms with Crippen LogP contribution in [0.1, 0.15) is 5.56 Å². The van der Waals surface area contributed by atoms with Gasteiger partial charge in [0.2, 0.25) is 5.88 Å². The van der Waals surface area contributed by atoms with Crippen LogP contribution in [0.2, 0.25) is 0 Å². The van der Waals surface area contributed by atoms with Gasteiger partial charge in [-0.3, -0.25) is 0 Å². The fourth-order valence-electron chi connectivity index (χ4n) is 1.35. The van der Waals surface area contributed by atoms with E-state index in [4.69, 9.17) is 4.74 Å². The Kier molecular flexibility index (Phi) is 2.00. The SMILES string of the molecule is COc1ccc(C)c2c(Br)cnn12. The van der Waals surface area contributed by atoms with Gasteiger partial charge < -0.3 is 4.74 Å². The lowest BCUT2D eigenvalue weighted by molar-refractivity contribution is 0.385. The monoisotopic (exact) mass is 240 g/mol. The van der Waals surface area contributed by atoms with Gasteiger partial charge in [-0.15, -0.1) is 0 Å². The van der Waals surface area contributed by atoms with Crippen molar-refractivity contribution in [3.8, 4) is 5.88 Å². The van der Waals surface area contributed by atoms with Crippen LogP contribution in [0.25, 0.3) is 5.52 Å². The topological polar surface area (TPSA) is 26.5 Å². The predicted molar refractivity (Wildman–Crippen MR) is 54.2 cm³/mol. The van der Waals surface area contributed by atoms with Crippen molar-refractivity contribution in [3.05, 3.63) is 28.4 Å². The number of hydrogen-bond donors (Lipinski definition) is 0. The van der Waals surface area contributed by atoms with E-state index < -0.39 is 0 Å². The van der Waals surface area contributed by atoms with Crippen molar-refractivity contribution in [1.29, 1.82) is 0 Å². The molecule has 2 heterocycles. The molecule has 2 aromatic heterocycles. The third kappa shape index (κ3) is 1.21. The Labute approximate surface area is 84.4 Å². The highest BCUT2D eigenvalue weighted by Crippen LogP contribution is 2.24. The van der Waals surface area contributed by atoms with Crippen molar-refractivity contribution >= 4 is 21.4 Å². The maximum absolute atomic E-state index is 5.18. The second kappa shape index (κ2) is 3.03. The molecule has 0 saturated heterocycles. The largest absolute Gasteiger partial charge is 0.481 e. The summed E-state index contributed by atoms with van der Waals surface area (Å²) in [6, 6.07) is 3.92. The highest BCUT2D eigenvalue weighted by atomic mass is 79.9. The van der Waals surface area contributed by atoms with Crippen molar-refractivity contribution in [2.75, 3.05) is 7.11 Å². The Hall–Kier alpha value is -1.03. The molecule has 0 fully saturated rings. The van der Waals surface area contributed by atoms with Gasteiger partial charge in [0.1, 0.15) is 0 Å². The predicted octanol–water partition coefficient (Wildman–Crippen LogP) is 2.41. The van der Waals surface area contributed by atoms with E-state index in [0.29, 0.717) is 0 Å². The number of pyridine rings is 1. The molecule has 0 bridgehead atoms. The van der Waals surface area contributed by atoms with Crippen LogP contribution in [0.3, 0.4) is 0 Å². The summed E-state index contributed by atoms with van der Waals surface area (Å²) in [5.74, 6) is 0.742. The van der Waals surface area contributed by atoms with Gasteiger partial charge in [-0.2, -0.15) is 9.61 Å². The van der Waals surface area contributed by atoms with Crippen LogP contribution >= 0.6 is 15.9 Å². The van der Waals surface area contributed by atoms with Gasteiger partial charge in [0, 0.05) is 6.07 Å². The summed E-state index contributed by atoms with van der Waals surface area (Å²) in [5.41, 5.74) is 2.23. The fraction of sp³-hybridized carbons (Fsp3) is 0.222. The molecule has 13 heavy (non-hydrogen) atoms. The highest BCUT2D eigenvalue weighted by Gasteiger charge is 2.07. The lowest BCUT2D eigenvalue weighted by Gasteiger charge is -2.04. The van der Waals surface area contributed by atoms with Crippen LogP contribution in [0.15, 0.2) is 22.8 Å². The zero-order valence-corrected chi connectivity index (χ0v) is 9.00. The van der Waals surface area contributed by atoms with Gasteiger partial charge in [0.15, 0.2) is 0 Å². The second-order valence-corrected chi connectivity index (χ2v) is 3.67. The van der Waals surface area contributed by atoms with E-state index >= 15 is 0 Å². The molecule has 0 aliphatic carbocycles. The van der Waals surface area contributed by atoms with Gasteiger partial charge in [0.05, 0.1) is 23.3 Å². The van der Waals surface area contributed by atoms with Crippen LogP contribution in [-0.2, 0) is 0 Å². The smallest absolute Gasteiger partial charge is 0.214 e. The maximum Gasteiger partial charge on any atom is 0.214 e. The first kappa shape index (κ1) is 8.56. The summed E-state index contributed by atoms with van der Waals surface area (Å²) >= 11 is 3.44. The number of hydrogen-bond acceptors (Lipinski definition) is 2. The molecule has 0 atom stereocenters. The fourth-order valence-corrected chi connectivity index (χ4v) is 1.92. The molecular weight excluding hydrogens is 232 g/mol. The summed E-state index contributed by atoms with van der Waals surface area (Å²) in [4.78, 5) is 0. The van der Waals surface area contributed by atoms with E-state index in [0.717, 1.165) is 15.9 Å². The van der Waals surface area contributed by atoms with Crippen LogP contribution in [0, 0.1) is 6.92 Å². The second-order valence-electron chi connectivity index (χ2n) is 2.81. The third-order valence-corrected chi connectivity index (χ3v) is 2.57. The molecule has 0 aliphatic heterocycles. The van der Waals surface area contributed by atoms with Crippen molar-refractivity contribution in [1.82, 2.24) is 9.61 Å². The van der Waals surface area contributed by atoms with Crippen LogP contribution in [0.4, 0.5) is 0 Å². The molecule has 0 aromatic carbocycles. The van der Waals surface area contributed by atoms with Gasteiger partial charge in [-0.25, -0.2) is 0 Å². The number of ether oxygens (including phenoxy) is 1. The molecule has 68 valence electrons. The van der Waals surface area contributed by atoms with Crippen LogP contribution in [0.5, 0.6) is 5.88 Å². The minimum Gasteiger partial charge on any atom is -0.481 e. The number of aryl methyl sites for hydroxylation is 1. The number of methoxy groups -OCH3 is 1. The van der Waals surface area contributed by atoms with Crippen molar-refractivity contribution in [2.45, 2.75) is 6.92 Å². The number of rotatable bonds is 1. The van der Waals surface area contributed by atoms with E-state index in [1.807, 2.05) is 19.1 Å². The van der Waals surface area contributed by atoms with Crippen molar-refractivity contribution < 1.29 is 4.74 Å². The van der Waals surface area contributed by atoms with E-state index in [-0.39, 0.29) is 0 Å². The Morgan fingerprint density at radius 3 is 2.92 bits per heavy atom. The van der Waals surface area contributed by atoms with Gasteiger partial charge in [0.25, 0.3) is 0 Å². The first-order valence-electron chi connectivity index (χ1n) is 3.91.